The quantitative estimate of drug-likeness (QED) is 0.413. The topological polar surface area (TPSA) is 101 Å². The van der Waals surface area contributed by atoms with Crippen LogP contribution in [-0.2, 0) is 10.0 Å². The lowest BCUT2D eigenvalue weighted by Gasteiger charge is -2.25. The molecule has 0 aliphatic heterocycles. The van der Waals surface area contributed by atoms with Crippen LogP contribution in [0.4, 0.5) is 17.1 Å². The van der Waals surface area contributed by atoms with Crippen molar-refractivity contribution in [1.29, 1.82) is 0 Å². The SMILES string of the molecule is CCN(CC)c1ccc(NC(=O)c2ccc(Br)o2)cc1S(=O)(=O)Nc1ccccc1OC. The standard InChI is InChI=1S/C22H24BrN3O5S/c1-4-26(5-2)17-11-10-15(24-22(27)19-12-13-21(23)31-19)14-20(17)32(28,29)25-16-8-6-7-9-18(16)30-3/h6-14,25H,4-5H2,1-3H3,(H,24,27). The van der Waals surface area contributed by atoms with Crippen molar-refractivity contribution in [2.45, 2.75) is 18.7 Å². The van der Waals surface area contributed by atoms with E-state index < -0.39 is 15.9 Å². The van der Waals surface area contributed by atoms with Crippen LogP contribution in [-0.4, -0.2) is 34.5 Å². The summed E-state index contributed by atoms with van der Waals surface area (Å²) < 4.78 is 40.4. The summed E-state index contributed by atoms with van der Waals surface area (Å²) in [6.07, 6.45) is 0. The van der Waals surface area contributed by atoms with Crippen LogP contribution in [0.5, 0.6) is 5.75 Å². The second kappa shape index (κ2) is 10.1. The number of benzene rings is 2. The summed E-state index contributed by atoms with van der Waals surface area (Å²) in [5, 5.41) is 2.68. The van der Waals surface area contributed by atoms with Gasteiger partial charge in [0.15, 0.2) is 10.4 Å². The van der Waals surface area contributed by atoms with Crippen LogP contribution in [0.3, 0.4) is 0 Å². The highest BCUT2D eigenvalue weighted by Crippen LogP contribution is 2.32. The van der Waals surface area contributed by atoms with Crippen molar-refractivity contribution < 1.29 is 22.4 Å². The molecule has 1 aromatic heterocycles. The molecule has 0 radical (unpaired) electrons. The Balaban J connectivity index is 2.02. The van der Waals surface area contributed by atoms with Gasteiger partial charge in [-0.1, -0.05) is 12.1 Å². The van der Waals surface area contributed by atoms with E-state index in [1.54, 1.807) is 42.5 Å². The van der Waals surface area contributed by atoms with E-state index in [-0.39, 0.29) is 10.7 Å². The monoisotopic (exact) mass is 521 g/mol. The Morgan fingerprint density at radius 3 is 2.44 bits per heavy atom. The lowest BCUT2D eigenvalue weighted by atomic mass is 10.2. The molecule has 2 N–H and O–H groups in total. The molecule has 32 heavy (non-hydrogen) atoms. The average Bonchev–Trinajstić information content (AvgIpc) is 3.22. The maximum absolute atomic E-state index is 13.4. The third-order valence-electron chi connectivity index (χ3n) is 4.76. The van der Waals surface area contributed by atoms with Crippen molar-refractivity contribution in [3.8, 4) is 5.75 Å². The summed E-state index contributed by atoms with van der Waals surface area (Å²) in [4.78, 5) is 14.4. The number of furan rings is 1. The molecule has 2 aromatic carbocycles. The van der Waals surface area contributed by atoms with Gasteiger partial charge in [0.1, 0.15) is 10.6 Å². The first-order valence-corrected chi connectivity index (χ1v) is 12.2. The van der Waals surface area contributed by atoms with Gasteiger partial charge < -0.3 is 19.4 Å². The van der Waals surface area contributed by atoms with Gasteiger partial charge >= 0.3 is 0 Å². The highest BCUT2D eigenvalue weighted by atomic mass is 79.9. The predicted octanol–water partition coefficient (Wildman–Crippen LogP) is 4.95. The number of carbonyl (C=O) groups is 1. The van der Waals surface area contributed by atoms with Gasteiger partial charge in [-0.25, -0.2) is 8.42 Å². The Morgan fingerprint density at radius 1 is 1.09 bits per heavy atom. The Labute approximate surface area is 195 Å². The van der Waals surface area contributed by atoms with Crippen LogP contribution in [0.15, 0.2) is 68.6 Å². The van der Waals surface area contributed by atoms with E-state index in [4.69, 9.17) is 9.15 Å². The highest BCUT2D eigenvalue weighted by Gasteiger charge is 2.24. The first kappa shape index (κ1) is 23.7. The molecule has 0 bridgehead atoms. The number of sulfonamides is 1. The number of carbonyl (C=O) groups excluding carboxylic acids is 1. The summed E-state index contributed by atoms with van der Waals surface area (Å²) in [6, 6.07) is 14.6. The fourth-order valence-corrected chi connectivity index (χ4v) is 4.82. The molecule has 170 valence electrons. The molecule has 8 nitrogen and oxygen atoms in total. The molecule has 0 saturated carbocycles. The third-order valence-corrected chi connectivity index (χ3v) is 6.58. The van der Waals surface area contributed by atoms with Gasteiger partial charge in [-0.15, -0.1) is 0 Å². The Morgan fingerprint density at radius 2 is 1.81 bits per heavy atom. The second-order valence-electron chi connectivity index (χ2n) is 6.72. The number of anilines is 3. The molecule has 1 amide bonds. The van der Waals surface area contributed by atoms with Crippen molar-refractivity contribution >= 4 is 48.9 Å². The third kappa shape index (κ3) is 5.25. The number of methoxy groups -OCH3 is 1. The minimum Gasteiger partial charge on any atom is -0.495 e. The molecule has 0 unspecified atom stereocenters. The lowest BCUT2D eigenvalue weighted by molar-refractivity contribution is 0.0995. The first-order valence-electron chi connectivity index (χ1n) is 9.90. The molecule has 0 aliphatic carbocycles. The maximum Gasteiger partial charge on any atom is 0.291 e. The van der Waals surface area contributed by atoms with Crippen LogP contribution < -0.4 is 19.7 Å². The first-order chi connectivity index (χ1) is 15.3. The van der Waals surface area contributed by atoms with Crippen molar-refractivity contribution in [3.05, 3.63) is 65.0 Å². The van der Waals surface area contributed by atoms with E-state index in [1.807, 2.05) is 18.7 Å². The number of ether oxygens (including phenoxy) is 1. The van der Waals surface area contributed by atoms with Crippen molar-refractivity contribution in [2.24, 2.45) is 0 Å². The van der Waals surface area contributed by atoms with Gasteiger partial charge in [0.25, 0.3) is 15.9 Å². The number of nitrogens with zero attached hydrogens (tertiary/aromatic N) is 1. The summed E-state index contributed by atoms with van der Waals surface area (Å²) in [7, 11) is -2.54. The molecular formula is C22H24BrN3O5S. The second-order valence-corrected chi connectivity index (χ2v) is 9.15. The number of amides is 1. The van der Waals surface area contributed by atoms with E-state index >= 15 is 0 Å². The Kier molecular flexibility index (Phi) is 7.47. The Bertz CT molecular complexity index is 1210. The van der Waals surface area contributed by atoms with E-state index in [9.17, 15) is 13.2 Å². The number of para-hydroxylation sites is 2. The van der Waals surface area contributed by atoms with E-state index in [2.05, 4.69) is 26.0 Å². The highest BCUT2D eigenvalue weighted by molar-refractivity contribution is 9.10. The number of halogens is 1. The number of hydrogen-bond donors (Lipinski definition) is 2. The average molecular weight is 522 g/mol. The molecule has 0 atom stereocenters. The van der Waals surface area contributed by atoms with Crippen molar-refractivity contribution in [3.63, 3.8) is 0 Å². The van der Waals surface area contributed by atoms with Crippen LogP contribution in [0, 0.1) is 0 Å². The number of nitrogens with one attached hydrogen (secondary N) is 2. The molecule has 0 aliphatic rings. The Hall–Kier alpha value is -2.98. The van der Waals surface area contributed by atoms with Crippen LogP contribution in [0.2, 0.25) is 0 Å². The molecule has 3 rings (SSSR count). The van der Waals surface area contributed by atoms with Gasteiger partial charge in [-0.2, -0.15) is 0 Å². The lowest BCUT2D eigenvalue weighted by Crippen LogP contribution is -2.26. The van der Waals surface area contributed by atoms with Gasteiger partial charge in [0.05, 0.1) is 18.5 Å². The zero-order chi connectivity index (χ0) is 23.3. The smallest absolute Gasteiger partial charge is 0.291 e. The molecular weight excluding hydrogens is 498 g/mol. The molecule has 10 heteroatoms. The maximum atomic E-state index is 13.4. The van der Waals surface area contributed by atoms with Gasteiger partial charge in [-0.3, -0.25) is 9.52 Å². The summed E-state index contributed by atoms with van der Waals surface area (Å²) >= 11 is 3.16. The summed E-state index contributed by atoms with van der Waals surface area (Å²) in [6.45, 7) is 5.11. The van der Waals surface area contributed by atoms with E-state index in [0.29, 0.717) is 40.6 Å². The van der Waals surface area contributed by atoms with Crippen LogP contribution in [0.25, 0.3) is 0 Å². The molecule has 0 fully saturated rings. The van der Waals surface area contributed by atoms with Crippen LogP contribution >= 0.6 is 15.9 Å². The van der Waals surface area contributed by atoms with Gasteiger partial charge in [0, 0.05) is 18.8 Å². The van der Waals surface area contributed by atoms with Crippen molar-refractivity contribution in [1.82, 2.24) is 0 Å². The molecule has 0 spiro atoms. The van der Waals surface area contributed by atoms with Gasteiger partial charge in [0.2, 0.25) is 0 Å². The fourth-order valence-electron chi connectivity index (χ4n) is 3.19. The summed E-state index contributed by atoms with van der Waals surface area (Å²) in [5.74, 6) is 0.00175. The van der Waals surface area contributed by atoms with Crippen LogP contribution in [0.1, 0.15) is 24.4 Å². The predicted molar refractivity (Wildman–Crippen MR) is 128 cm³/mol. The van der Waals surface area contributed by atoms with E-state index in [0.717, 1.165) is 0 Å². The summed E-state index contributed by atoms with van der Waals surface area (Å²) in [5.41, 5.74) is 1.16. The zero-order valence-electron chi connectivity index (χ0n) is 17.9. The van der Waals surface area contributed by atoms with E-state index in [1.165, 1.54) is 19.2 Å². The van der Waals surface area contributed by atoms with Gasteiger partial charge in [-0.05, 0) is 72.2 Å². The number of hydrogen-bond acceptors (Lipinski definition) is 6. The largest absolute Gasteiger partial charge is 0.495 e. The number of rotatable bonds is 9. The minimum atomic E-state index is -4.01. The molecule has 0 saturated heterocycles. The van der Waals surface area contributed by atoms with Crippen molar-refractivity contribution in [2.75, 3.05) is 35.1 Å². The fraction of sp³-hybridized carbons (Fsp3) is 0.227. The normalized spacial score (nSPS) is 11.1. The zero-order valence-corrected chi connectivity index (χ0v) is 20.3. The molecule has 3 aromatic rings. The minimum absolute atomic E-state index is 0.0329. The molecule has 1 heterocycles.